The third-order valence-electron chi connectivity index (χ3n) is 3.99. The third-order valence-corrected chi connectivity index (χ3v) is 3.99. The highest BCUT2D eigenvalue weighted by atomic mass is 19.1. The number of piperazine rings is 1. The Balaban J connectivity index is 1.47. The number of halogens is 1. The number of alkyl halides is 1. The third kappa shape index (κ3) is 3.38. The molecular formula is C13H20FN5O2. The molecule has 0 radical (unpaired) electrons. The van der Waals surface area contributed by atoms with E-state index >= 15 is 0 Å². The van der Waals surface area contributed by atoms with Crippen LogP contribution >= 0.6 is 0 Å². The molecule has 2 fully saturated rings. The van der Waals surface area contributed by atoms with Gasteiger partial charge in [-0.1, -0.05) is 5.16 Å². The van der Waals surface area contributed by atoms with Crippen LogP contribution in [0.4, 0.5) is 4.39 Å². The summed E-state index contributed by atoms with van der Waals surface area (Å²) >= 11 is 0. The van der Waals surface area contributed by atoms with Crippen molar-refractivity contribution in [1.29, 1.82) is 0 Å². The van der Waals surface area contributed by atoms with E-state index in [9.17, 15) is 9.18 Å². The predicted octanol–water partition coefficient (Wildman–Crippen LogP) is -0.278. The zero-order chi connectivity index (χ0) is 14.8. The first kappa shape index (κ1) is 14.4. The van der Waals surface area contributed by atoms with Crippen LogP contribution in [0.15, 0.2) is 4.52 Å². The molecule has 0 unspecified atom stereocenters. The second-order valence-corrected chi connectivity index (χ2v) is 5.62. The molecule has 1 aromatic heterocycles. The number of rotatable bonds is 3. The van der Waals surface area contributed by atoms with Crippen LogP contribution in [0.1, 0.15) is 18.1 Å². The summed E-state index contributed by atoms with van der Waals surface area (Å²) in [5, 5.41) is 6.82. The number of nitrogens with zero attached hydrogens (tertiary/aromatic N) is 4. The standard InChI is InChI=1S/C13H20FN5O2/c1-9-16-12(17-21-9)8-18-2-4-19(5-3-18)13(20)11-6-10(14)7-15-11/h10-11,15H,2-8H2,1H3/t10-,11+/m0/s1. The highest BCUT2D eigenvalue weighted by Crippen LogP contribution is 2.14. The molecular weight excluding hydrogens is 277 g/mol. The molecule has 3 rings (SSSR count). The smallest absolute Gasteiger partial charge is 0.239 e. The van der Waals surface area contributed by atoms with Crippen LogP contribution in [-0.4, -0.2) is 70.8 Å². The van der Waals surface area contributed by atoms with Crippen LogP contribution in [0.5, 0.6) is 0 Å². The summed E-state index contributed by atoms with van der Waals surface area (Å²) in [4.78, 5) is 20.4. The maximum Gasteiger partial charge on any atom is 0.239 e. The van der Waals surface area contributed by atoms with E-state index in [2.05, 4.69) is 20.4 Å². The van der Waals surface area contributed by atoms with Gasteiger partial charge in [-0.05, 0) is 0 Å². The summed E-state index contributed by atoms with van der Waals surface area (Å²) < 4.78 is 18.1. The summed E-state index contributed by atoms with van der Waals surface area (Å²) in [6.45, 7) is 5.53. The van der Waals surface area contributed by atoms with Crippen molar-refractivity contribution >= 4 is 5.91 Å². The second-order valence-electron chi connectivity index (χ2n) is 5.62. The van der Waals surface area contributed by atoms with Crippen LogP contribution in [0, 0.1) is 6.92 Å². The number of hydrogen-bond acceptors (Lipinski definition) is 6. The summed E-state index contributed by atoms with van der Waals surface area (Å²) in [7, 11) is 0. The van der Waals surface area contributed by atoms with Gasteiger partial charge in [-0.3, -0.25) is 9.69 Å². The van der Waals surface area contributed by atoms with Crippen molar-refractivity contribution < 1.29 is 13.7 Å². The van der Waals surface area contributed by atoms with Crippen molar-refractivity contribution in [1.82, 2.24) is 25.3 Å². The van der Waals surface area contributed by atoms with Gasteiger partial charge in [-0.15, -0.1) is 0 Å². The first-order valence-electron chi connectivity index (χ1n) is 7.29. The number of aryl methyl sites for hydroxylation is 1. The van der Waals surface area contributed by atoms with Crippen molar-refractivity contribution in [2.45, 2.75) is 32.1 Å². The highest BCUT2D eigenvalue weighted by Gasteiger charge is 2.33. The van der Waals surface area contributed by atoms with Crippen molar-refractivity contribution in [3.63, 3.8) is 0 Å². The molecule has 0 saturated carbocycles. The van der Waals surface area contributed by atoms with Gasteiger partial charge in [0.1, 0.15) is 6.17 Å². The number of aromatic nitrogens is 2. The zero-order valence-electron chi connectivity index (χ0n) is 12.1. The molecule has 0 aliphatic carbocycles. The molecule has 8 heteroatoms. The Morgan fingerprint density at radius 1 is 1.43 bits per heavy atom. The maximum absolute atomic E-state index is 13.1. The number of carbonyl (C=O) groups is 1. The zero-order valence-corrected chi connectivity index (χ0v) is 12.1. The Bertz CT molecular complexity index is 501. The molecule has 0 bridgehead atoms. The van der Waals surface area contributed by atoms with Gasteiger partial charge in [0.05, 0.1) is 12.6 Å². The van der Waals surface area contributed by atoms with E-state index in [0.29, 0.717) is 37.8 Å². The molecule has 2 atom stereocenters. The van der Waals surface area contributed by atoms with Crippen molar-refractivity contribution in [2.75, 3.05) is 32.7 Å². The van der Waals surface area contributed by atoms with E-state index in [1.54, 1.807) is 6.92 Å². The molecule has 1 amide bonds. The SMILES string of the molecule is Cc1nc(CN2CCN(C(=O)[C@H]3C[C@H](F)CN3)CC2)no1. The molecule has 1 N–H and O–H groups in total. The van der Waals surface area contributed by atoms with Crippen LogP contribution in [0.2, 0.25) is 0 Å². The maximum atomic E-state index is 13.1. The lowest BCUT2D eigenvalue weighted by molar-refractivity contribution is -0.135. The Morgan fingerprint density at radius 3 is 2.76 bits per heavy atom. The summed E-state index contributed by atoms with van der Waals surface area (Å²) in [5.41, 5.74) is 0. The molecule has 0 aromatic carbocycles. The van der Waals surface area contributed by atoms with Crippen LogP contribution < -0.4 is 5.32 Å². The number of amides is 1. The number of hydrogen-bond donors (Lipinski definition) is 1. The van der Waals surface area contributed by atoms with E-state index in [4.69, 9.17) is 4.52 Å². The van der Waals surface area contributed by atoms with Crippen molar-refractivity contribution in [2.24, 2.45) is 0 Å². The Kier molecular flexibility index (Phi) is 4.16. The lowest BCUT2D eigenvalue weighted by Gasteiger charge is -2.35. The van der Waals surface area contributed by atoms with Crippen molar-refractivity contribution in [3.05, 3.63) is 11.7 Å². The summed E-state index contributed by atoms with van der Waals surface area (Å²) in [5.74, 6) is 1.25. The van der Waals surface area contributed by atoms with Crippen LogP contribution in [0.25, 0.3) is 0 Å². The molecule has 7 nitrogen and oxygen atoms in total. The Morgan fingerprint density at radius 2 is 2.19 bits per heavy atom. The quantitative estimate of drug-likeness (QED) is 0.827. The summed E-state index contributed by atoms with van der Waals surface area (Å²) in [6, 6.07) is -0.355. The number of nitrogens with one attached hydrogen (secondary N) is 1. The molecule has 0 spiro atoms. The van der Waals surface area contributed by atoms with Gasteiger partial charge in [0.15, 0.2) is 5.82 Å². The molecule has 1 aromatic rings. The van der Waals surface area contributed by atoms with Crippen LogP contribution in [-0.2, 0) is 11.3 Å². The van der Waals surface area contributed by atoms with Gasteiger partial charge in [0.25, 0.3) is 0 Å². The topological polar surface area (TPSA) is 74.5 Å². The second kappa shape index (κ2) is 6.07. The van der Waals surface area contributed by atoms with Gasteiger partial charge in [-0.25, -0.2) is 4.39 Å². The molecule has 2 aliphatic rings. The van der Waals surface area contributed by atoms with E-state index < -0.39 is 6.17 Å². The minimum atomic E-state index is -0.901. The van der Waals surface area contributed by atoms with E-state index in [0.717, 1.165) is 13.1 Å². The first-order valence-corrected chi connectivity index (χ1v) is 7.29. The van der Waals surface area contributed by atoms with Gasteiger partial charge >= 0.3 is 0 Å². The van der Waals surface area contributed by atoms with Gasteiger partial charge in [0.2, 0.25) is 11.8 Å². The molecule has 116 valence electrons. The lowest BCUT2D eigenvalue weighted by Crippen LogP contribution is -2.52. The first-order chi connectivity index (χ1) is 10.1. The fourth-order valence-corrected chi connectivity index (χ4v) is 2.83. The van der Waals surface area contributed by atoms with Gasteiger partial charge in [-0.2, -0.15) is 4.98 Å². The van der Waals surface area contributed by atoms with Gasteiger partial charge < -0.3 is 14.7 Å². The minimum absolute atomic E-state index is 0.0187. The monoisotopic (exact) mass is 297 g/mol. The Labute approximate surface area is 122 Å². The normalized spacial score (nSPS) is 27.2. The molecule has 21 heavy (non-hydrogen) atoms. The largest absolute Gasteiger partial charge is 0.340 e. The van der Waals surface area contributed by atoms with Crippen molar-refractivity contribution in [3.8, 4) is 0 Å². The average molecular weight is 297 g/mol. The average Bonchev–Trinajstić information content (AvgIpc) is 3.08. The minimum Gasteiger partial charge on any atom is -0.340 e. The fourth-order valence-electron chi connectivity index (χ4n) is 2.83. The van der Waals surface area contributed by atoms with E-state index in [-0.39, 0.29) is 18.5 Å². The van der Waals surface area contributed by atoms with E-state index in [1.807, 2.05) is 4.90 Å². The highest BCUT2D eigenvalue weighted by molar-refractivity contribution is 5.82. The lowest BCUT2D eigenvalue weighted by atomic mass is 10.1. The summed E-state index contributed by atoms with van der Waals surface area (Å²) in [6.07, 6.45) is -0.608. The van der Waals surface area contributed by atoms with Crippen LogP contribution in [0.3, 0.4) is 0 Å². The molecule has 2 saturated heterocycles. The van der Waals surface area contributed by atoms with Gasteiger partial charge in [0, 0.05) is 46.1 Å². The fraction of sp³-hybridized carbons (Fsp3) is 0.769. The number of carbonyl (C=O) groups excluding carboxylic acids is 1. The Hall–Kier alpha value is -1.54. The van der Waals surface area contributed by atoms with E-state index in [1.165, 1.54) is 0 Å². The molecule has 2 aliphatic heterocycles. The predicted molar refractivity (Wildman–Crippen MR) is 72.2 cm³/mol. The molecule has 3 heterocycles.